The van der Waals surface area contributed by atoms with Crippen molar-refractivity contribution in [3.8, 4) is 23.2 Å². The summed E-state index contributed by atoms with van der Waals surface area (Å²) in [4.78, 5) is 19.5. The number of fused-ring (bicyclic) bond motifs is 1. The van der Waals surface area contributed by atoms with Crippen LogP contribution in [0.1, 0.15) is 10.5 Å². The number of anilines is 2. The lowest BCUT2D eigenvalue weighted by molar-refractivity contribution is 0.111. The lowest BCUT2D eigenvalue weighted by atomic mass is 10.0. The average Bonchev–Trinajstić information content (AvgIpc) is 2.70. The van der Waals surface area contributed by atoms with Crippen LogP contribution in [0.3, 0.4) is 0 Å². The second-order valence-electron chi connectivity index (χ2n) is 5.81. The fourth-order valence-corrected chi connectivity index (χ4v) is 2.70. The number of methoxy groups -OCH3 is 1. The number of ether oxygens (including phenoxy) is 1. The van der Waals surface area contributed by atoms with Crippen LogP contribution in [0, 0.1) is 11.3 Å². The first-order valence-corrected chi connectivity index (χ1v) is 8.08. The average molecular weight is 359 g/mol. The van der Waals surface area contributed by atoms with Crippen LogP contribution in [0.15, 0.2) is 48.6 Å². The fourth-order valence-electron chi connectivity index (χ4n) is 2.70. The van der Waals surface area contributed by atoms with Gasteiger partial charge in [-0.05, 0) is 17.5 Å². The largest absolute Gasteiger partial charge is 0.495 e. The molecule has 3 N–H and O–H groups in total. The van der Waals surface area contributed by atoms with Crippen LogP contribution >= 0.6 is 0 Å². The minimum atomic E-state index is 0.215. The van der Waals surface area contributed by atoms with Gasteiger partial charge in [-0.1, -0.05) is 24.8 Å². The Bertz CT molecular complexity index is 1090. The Morgan fingerprint density at radius 3 is 2.81 bits per heavy atom. The van der Waals surface area contributed by atoms with Gasteiger partial charge in [0.15, 0.2) is 12.1 Å². The van der Waals surface area contributed by atoms with E-state index in [4.69, 9.17) is 15.7 Å². The molecule has 0 saturated heterocycles. The summed E-state index contributed by atoms with van der Waals surface area (Å²) in [5.74, 6) is 1.21. The van der Waals surface area contributed by atoms with Crippen molar-refractivity contribution in [3.05, 3.63) is 54.2 Å². The minimum Gasteiger partial charge on any atom is -0.495 e. The molecule has 3 rings (SSSR count). The first-order valence-electron chi connectivity index (χ1n) is 8.08. The van der Waals surface area contributed by atoms with Crippen molar-refractivity contribution in [1.82, 2.24) is 9.97 Å². The van der Waals surface area contributed by atoms with Crippen LogP contribution in [0.5, 0.6) is 5.75 Å². The highest BCUT2D eigenvalue weighted by atomic mass is 16.5. The SMILES string of the molecule is C=C(C#N)CNc1c(OC)ccc2ccc(-c3nc(N)cc(C=O)n3)cc12. The summed E-state index contributed by atoms with van der Waals surface area (Å²) in [6.07, 6.45) is 0.631. The number of nitrogens with two attached hydrogens (primary N) is 1. The number of nitriles is 1. The van der Waals surface area contributed by atoms with Crippen molar-refractivity contribution >= 4 is 28.6 Å². The summed E-state index contributed by atoms with van der Waals surface area (Å²) in [6, 6.07) is 12.9. The van der Waals surface area contributed by atoms with Gasteiger partial charge in [-0.2, -0.15) is 5.26 Å². The van der Waals surface area contributed by atoms with Crippen molar-refractivity contribution in [2.75, 3.05) is 24.7 Å². The van der Waals surface area contributed by atoms with E-state index in [0.29, 0.717) is 35.5 Å². The molecule has 0 saturated carbocycles. The van der Waals surface area contributed by atoms with E-state index in [1.165, 1.54) is 6.07 Å². The summed E-state index contributed by atoms with van der Waals surface area (Å²) in [6.45, 7) is 3.98. The van der Waals surface area contributed by atoms with Crippen LogP contribution in [0.2, 0.25) is 0 Å². The van der Waals surface area contributed by atoms with Gasteiger partial charge in [0.2, 0.25) is 0 Å². The van der Waals surface area contributed by atoms with Gasteiger partial charge in [-0.3, -0.25) is 4.79 Å². The Hall–Kier alpha value is -3.92. The smallest absolute Gasteiger partial charge is 0.168 e. The number of nitrogens with zero attached hydrogens (tertiary/aromatic N) is 3. The zero-order chi connectivity index (χ0) is 19.4. The van der Waals surface area contributed by atoms with Crippen molar-refractivity contribution in [1.29, 1.82) is 5.26 Å². The molecule has 3 aromatic rings. The molecule has 2 aromatic carbocycles. The van der Waals surface area contributed by atoms with Crippen LogP contribution in [-0.4, -0.2) is 29.9 Å². The number of nitrogen functional groups attached to an aromatic ring is 1. The van der Waals surface area contributed by atoms with E-state index in [9.17, 15) is 4.79 Å². The van der Waals surface area contributed by atoms with Gasteiger partial charge >= 0.3 is 0 Å². The minimum absolute atomic E-state index is 0.215. The van der Waals surface area contributed by atoms with Crippen LogP contribution in [0.25, 0.3) is 22.2 Å². The third-order valence-electron chi connectivity index (χ3n) is 3.98. The number of benzene rings is 2. The highest BCUT2D eigenvalue weighted by Crippen LogP contribution is 2.35. The molecule has 0 atom stereocenters. The quantitative estimate of drug-likeness (QED) is 0.513. The molecule has 0 radical (unpaired) electrons. The van der Waals surface area contributed by atoms with Crippen molar-refractivity contribution < 1.29 is 9.53 Å². The van der Waals surface area contributed by atoms with E-state index in [-0.39, 0.29) is 11.5 Å². The molecule has 134 valence electrons. The monoisotopic (exact) mass is 359 g/mol. The van der Waals surface area contributed by atoms with Crippen molar-refractivity contribution in [2.45, 2.75) is 0 Å². The first-order chi connectivity index (χ1) is 13.0. The van der Waals surface area contributed by atoms with Gasteiger partial charge in [0.05, 0.1) is 18.9 Å². The first kappa shape index (κ1) is 17.9. The van der Waals surface area contributed by atoms with E-state index in [2.05, 4.69) is 21.9 Å². The standard InChI is InChI=1S/C20H17N5O2/c1-12(9-21)10-23-19-16-7-14(4-3-13(16)5-6-17(19)27-2)20-24-15(11-26)8-18(22)25-20/h3-8,11,23H,1,10H2,2H3,(H2,22,24,25). The topological polar surface area (TPSA) is 114 Å². The molecule has 0 aliphatic rings. The van der Waals surface area contributed by atoms with Crippen LogP contribution in [0.4, 0.5) is 11.5 Å². The molecule has 0 fully saturated rings. The molecule has 7 heteroatoms. The van der Waals surface area contributed by atoms with Gasteiger partial charge in [-0.25, -0.2) is 9.97 Å². The summed E-state index contributed by atoms with van der Waals surface area (Å²) in [5.41, 5.74) is 7.82. The van der Waals surface area contributed by atoms with Gasteiger partial charge in [0.25, 0.3) is 0 Å². The molecule has 0 unspecified atom stereocenters. The molecule has 1 heterocycles. The Morgan fingerprint density at radius 2 is 2.11 bits per heavy atom. The summed E-state index contributed by atoms with van der Waals surface area (Å²) >= 11 is 0. The fraction of sp³-hybridized carbons (Fsp3) is 0.100. The third-order valence-corrected chi connectivity index (χ3v) is 3.98. The van der Waals surface area contributed by atoms with Crippen LogP contribution < -0.4 is 15.8 Å². The Balaban J connectivity index is 2.15. The Kier molecular flexibility index (Phi) is 4.99. The predicted octanol–water partition coefficient (Wildman–Crippen LogP) is 3.19. The Morgan fingerprint density at radius 1 is 1.33 bits per heavy atom. The number of hydrogen-bond donors (Lipinski definition) is 2. The highest BCUT2D eigenvalue weighted by molar-refractivity contribution is 5.99. The van der Waals surface area contributed by atoms with Crippen molar-refractivity contribution in [2.24, 2.45) is 0 Å². The number of aldehydes is 1. The molecular formula is C20H17N5O2. The molecule has 27 heavy (non-hydrogen) atoms. The molecule has 0 bridgehead atoms. The zero-order valence-corrected chi connectivity index (χ0v) is 14.7. The second-order valence-corrected chi connectivity index (χ2v) is 5.81. The normalized spacial score (nSPS) is 10.2. The van der Waals surface area contributed by atoms with Gasteiger partial charge in [0, 0.05) is 29.1 Å². The summed E-state index contributed by atoms with van der Waals surface area (Å²) < 4.78 is 5.45. The summed E-state index contributed by atoms with van der Waals surface area (Å²) in [7, 11) is 1.58. The molecule has 0 aliphatic carbocycles. The maximum atomic E-state index is 11.1. The van der Waals surface area contributed by atoms with E-state index in [1.54, 1.807) is 7.11 Å². The second kappa shape index (κ2) is 7.54. The molecule has 0 amide bonds. The predicted molar refractivity (Wildman–Crippen MR) is 105 cm³/mol. The van der Waals surface area contributed by atoms with E-state index in [0.717, 1.165) is 16.5 Å². The number of rotatable bonds is 6. The van der Waals surface area contributed by atoms with Gasteiger partial charge in [-0.15, -0.1) is 0 Å². The zero-order valence-electron chi connectivity index (χ0n) is 14.7. The third kappa shape index (κ3) is 3.70. The number of carbonyl (C=O) groups excluding carboxylic acids is 1. The number of aromatic nitrogens is 2. The lowest BCUT2D eigenvalue weighted by Gasteiger charge is -2.14. The number of nitrogens with one attached hydrogen (secondary N) is 1. The maximum Gasteiger partial charge on any atom is 0.168 e. The molecular weight excluding hydrogens is 342 g/mol. The lowest BCUT2D eigenvalue weighted by Crippen LogP contribution is -2.05. The van der Waals surface area contributed by atoms with E-state index in [1.807, 2.05) is 36.4 Å². The molecule has 7 nitrogen and oxygen atoms in total. The molecule has 1 aromatic heterocycles. The molecule has 0 aliphatic heterocycles. The maximum absolute atomic E-state index is 11.1. The van der Waals surface area contributed by atoms with Gasteiger partial charge < -0.3 is 15.8 Å². The van der Waals surface area contributed by atoms with Gasteiger partial charge in [0.1, 0.15) is 17.3 Å². The van der Waals surface area contributed by atoms with Crippen LogP contribution in [-0.2, 0) is 0 Å². The summed E-state index contributed by atoms with van der Waals surface area (Å²) in [5, 5.41) is 14.0. The Labute approximate surface area is 156 Å². The number of carbonyl (C=O) groups is 1. The number of hydrogen-bond acceptors (Lipinski definition) is 7. The highest BCUT2D eigenvalue weighted by Gasteiger charge is 2.12. The molecule has 0 spiro atoms. The van der Waals surface area contributed by atoms with Crippen molar-refractivity contribution in [3.63, 3.8) is 0 Å². The van der Waals surface area contributed by atoms with E-state index < -0.39 is 0 Å². The van der Waals surface area contributed by atoms with E-state index >= 15 is 0 Å².